The van der Waals surface area contributed by atoms with Crippen LogP contribution in [0.5, 0.6) is 11.5 Å². The van der Waals surface area contributed by atoms with Crippen molar-refractivity contribution in [1.29, 1.82) is 0 Å². The van der Waals surface area contributed by atoms with E-state index in [0.717, 1.165) is 28.2 Å². The molecule has 1 N–H and O–H groups in total. The molecule has 9 nitrogen and oxygen atoms in total. The molecule has 0 radical (unpaired) electrons. The monoisotopic (exact) mass is 828 g/mol. The molecule has 2 heterocycles. The van der Waals surface area contributed by atoms with Gasteiger partial charge in [-0.15, -0.1) is 0 Å². The first-order valence-corrected chi connectivity index (χ1v) is 28.6. The van der Waals surface area contributed by atoms with E-state index in [1.54, 1.807) is 11.7 Å². The van der Waals surface area contributed by atoms with E-state index >= 15 is 0 Å². The molecule has 55 heavy (non-hydrogen) atoms. The molecule has 1 aliphatic rings. The fourth-order valence-electron chi connectivity index (χ4n) is 5.57. The van der Waals surface area contributed by atoms with Crippen molar-refractivity contribution in [3.63, 3.8) is 0 Å². The van der Waals surface area contributed by atoms with Crippen molar-refractivity contribution in [3.05, 3.63) is 86.5 Å². The van der Waals surface area contributed by atoms with Gasteiger partial charge in [-0.1, -0.05) is 98.8 Å². The molecule has 2 aromatic carbocycles. The Kier molecular flexibility index (Phi) is 13.9. The van der Waals surface area contributed by atoms with Crippen molar-refractivity contribution in [2.45, 2.75) is 154 Å². The van der Waals surface area contributed by atoms with Crippen LogP contribution in [-0.4, -0.2) is 66.5 Å². The van der Waals surface area contributed by atoms with Crippen LogP contribution in [-0.2, 0) is 31.0 Å². The van der Waals surface area contributed by atoms with Gasteiger partial charge >= 0.3 is 5.69 Å². The second-order valence-corrected chi connectivity index (χ2v) is 34.3. The molecule has 0 spiro atoms. The lowest BCUT2D eigenvalue weighted by molar-refractivity contribution is -0.0510. The summed E-state index contributed by atoms with van der Waals surface area (Å²) >= 11 is 5.77. The highest BCUT2D eigenvalue weighted by Gasteiger charge is 2.55. The average Bonchev–Trinajstić information content (AvgIpc) is 3.37. The van der Waals surface area contributed by atoms with Gasteiger partial charge in [-0.25, -0.2) is 4.79 Å². The summed E-state index contributed by atoms with van der Waals surface area (Å²) in [5.74, 6) is 1.55. The lowest BCUT2D eigenvalue weighted by atomic mass is 10.1. The summed E-state index contributed by atoms with van der Waals surface area (Å²) in [5.41, 5.74) is 2.48. The number of hydrogen-bond donors (Lipinski definition) is 1. The molecule has 1 saturated heterocycles. The zero-order valence-electron chi connectivity index (χ0n) is 36.3. The molecule has 0 aliphatic carbocycles. The van der Waals surface area contributed by atoms with Crippen LogP contribution in [0.3, 0.4) is 0 Å². The van der Waals surface area contributed by atoms with Gasteiger partial charge in [0, 0.05) is 18.2 Å². The molecule has 1 aliphatic heterocycles. The van der Waals surface area contributed by atoms with Crippen LogP contribution in [0.2, 0.25) is 54.4 Å². The van der Waals surface area contributed by atoms with E-state index in [4.69, 9.17) is 39.7 Å². The van der Waals surface area contributed by atoms with Gasteiger partial charge in [-0.05, 0) is 89.8 Å². The molecule has 4 atom stereocenters. The average molecular weight is 829 g/mol. The van der Waals surface area contributed by atoms with Crippen LogP contribution in [0.4, 0.5) is 0 Å². The third kappa shape index (κ3) is 11.0. The molecule has 0 saturated carbocycles. The summed E-state index contributed by atoms with van der Waals surface area (Å²) in [6, 6.07) is 15.8. The van der Waals surface area contributed by atoms with Gasteiger partial charge < -0.3 is 27.5 Å². The summed E-state index contributed by atoms with van der Waals surface area (Å²) in [5, 5.41) is -0.149. The maximum Gasteiger partial charge on any atom is 0.328 e. The number of nitrogens with one attached hydrogen (secondary N) is 1. The van der Waals surface area contributed by atoms with Crippen molar-refractivity contribution in [2.75, 3.05) is 13.7 Å². The van der Waals surface area contributed by atoms with Gasteiger partial charge in [0.15, 0.2) is 31.2 Å². The lowest BCUT2D eigenvalue weighted by Crippen LogP contribution is -2.54. The summed E-state index contributed by atoms with van der Waals surface area (Å²) in [4.78, 5) is 17.0. The third-order valence-electron chi connectivity index (χ3n) is 12.3. The normalized spacial score (nSPS) is 20.1. The highest BCUT2D eigenvalue weighted by molar-refractivity contribution is 7.71. The molecule has 13 heteroatoms. The molecule has 3 aromatic rings. The fourth-order valence-corrected chi connectivity index (χ4v) is 9.40. The number of nitrogens with zero attached hydrogens (tertiary/aromatic N) is 1. The van der Waals surface area contributed by atoms with Gasteiger partial charge in [0.2, 0.25) is 0 Å². The molecule has 0 amide bonds. The van der Waals surface area contributed by atoms with Crippen LogP contribution >= 0.6 is 12.2 Å². The van der Waals surface area contributed by atoms with Crippen LogP contribution in [0.15, 0.2) is 59.5 Å². The molecule has 0 unspecified atom stereocenters. The van der Waals surface area contributed by atoms with Crippen LogP contribution in [0.25, 0.3) is 0 Å². The molecule has 1 aromatic heterocycles. The van der Waals surface area contributed by atoms with Crippen LogP contribution in [0.1, 0.15) is 85.2 Å². The van der Waals surface area contributed by atoms with Gasteiger partial charge in [0.05, 0.1) is 13.7 Å². The van der Waals surface area contributed by atoms with Gasteiger partial charge in [0.1, 0.15) is 41.1 Å². The number of methoxy groups -OCH3 is 1. The smallest absolute Gasteiger partial charge is 0.328 e. The van der Waals surface area contributed by atoms with Crippen LogP contribution < -0.4 is 15.2 Å². The van der Waals surface area contributed by atoms with E-state index in [0.29, 0.717) is 24.3 Å². The number of H-pyrrole nitrogens is 1. The Bertz CT molecular complexity index is 1870. The minimum Gasteiger partial charge on any atom is -0.497 e. The quantitative estimate of drug-likeness (QED) is 0.127. The van der Waals surface area contributed by atoms with E-state index < -0.39 is 49.5 Å². The molecular weight excluding hydrogens is 761 g/mol. The van der Waals surface area contributed by atoms with Gasteiger partial charge in [0.25, 0.3) is 0 Å². The Balaban J connectivity index is 1.74. The highest BCUT2D eigenvalue weighted by Crippen LogP contribution is 2.46. The minimum absolute atomic E-state index is 0.00987. The maximum atomic E-state index is 14.0. The van der Waals surface area contributed by atoms with Gasteiger partial charge in [-0.3, -0.25) is 9.55 Å². The first kappa shape index (κ1) is 45.3. The molecular formula is C42H68N2O7SSi3. The molecule has 306 valence electrons. The topological polar surface area (TPSA) is 93.2 Å². The zero-order chi connectivity index (χ0) is 41.4. The number of hydrogen-bond acceptors (Lipinski definition) is 8. The first-order valence-electron chi connectivity index (χ1n) is 19.5. The van der Waals surface area contributed by atoms with E-state index in [1.165, 1.54) is 0 Å². The Morgan fingerprint density at radius 3 is 1.87 bits per heavy atom. The fraction of sp³-hybridized carbons (Fsp3) is 0.619. The van der Waals surface area contributed by atoms with E-state index in [9.17, 15) is 4.79 Å². The zero-order valence-corrected chi connectivity index (χ0v) is 40.2. The van der Waals surface area contributed by atoms with E-state index in [-0.39, 0.29) is 20.8 Å². The Labute approximate surface area is 338 Å². The minimum atomic E-state index is -2.42. The number of benzene rings is 2. The number of aromatic nitrogens is 2. The van der Waals surface area contributed by atoms with E-state index in [1.807, 2.05) is 54.7 Å². The predicted molar refractivity (Wildman–Crippen MR) is 234 cm³/mol. The Morgan fingerprint density at radius 1 is 0.764 bits per heavy atom. The molecule has 0 bridgehead atoms. The van der Waals surface area contributed by atoms with Crippen molar-refractivity contribution in [3.8, 4) is 11.5 Å². The van der Waals surface area contributed by atoms with Crippen LogP contribution in [0, 0.1) is 4.64 Å². The first-order chi connectivity index (χ1) is 25.2. The van der Waals surface area contributed by atoms with Crippen molar-refractivity contribution in [1.82, 2.24) is 9.55 Å². The third-order valence-corrected chi connectivity index (χ3v) is 26.2. The van der Waals surface area contributed by atoms with Crippen molar-refractivity contribution >= 4 is 37.2 Å². The van der Waals surface area contributed by atoms with Crippen molar-refractivity contribution in [2.24, 2.45) is 0 Å². The largest absolute Gasteiger partial charge is 0.497 e. The maximum absolute atomic E-state index is 14.0. The standard InChI is InChI=1S/C42H68N2O7SSi3/c1-40(2,3)53(11,12)48-28-34-35(50-54(13,14)41(4,5)6)36(51-55(15,16)42(7,8)9)38(49-34)44-26-31(37(52)43-39(44)45)24-30-18-17-19-33(25-30)47-27-29-20-22-32(46-10)23-21-29/h17-23,25-26,34-36,38H,24,27-28H2,1-16H3,(H,43,45,52)/t34-,35-,36-,38-/m1/s1. The number of rotatable bonds is 14. The Hall–Kier alpha value is -2.37. The summed E-state index contributed by atoms with van der Waals surface area (Å²) in [6.07, 6.45) is 0.0855. The predicted octanol–water partition coefficient (Wildman–Crippen LogP) is 10.8. The van der Waals surface area contributed by atoms with Gasteiger partial charge in [-0.2, -0.15) is 0 Å². The number of ether oxygens (including phenoxy) is 3. The highest BCUT2D eigenvalue weighted by atomic mass is 32.1. The van der Waals surface area contributed by atoms with Crippen molar-refractivity contribution < 1.29 is 27.5 Å². The molecule has 4 rings (SSSR count). The summed E-state index contributed by atoms with van der Waals surface area (Å²) in [6.45, 7) is 34.4. The Morgan fingerprint density at radius 2 is 1.33 bits per heavy atom. The summed E-state index contributed by atoms with van der Waals surface area (Å²) < 4.78 is 41.9. The number of aromatic amines is 1. The molecule has 1 fully saturated rings. The second-order valence-electron chi connectivity index (χ2n) is 19.6. The summed E-state index contributed by atoms with van der Waals surface area (Å²) in [7, 11) is -5.28. The SMILES string of the molecule is COc1ccc(COc2cccc(Cc3cn([C@@H]4O[C@H](CO[Si](C)(C)C(C)(C)C)[C@@H](O[Si](C)(C)C(C)(C)C)[C@H]4O[Si](C)(C)C(C)(C)C)c(=O)[nH]c3=S)c2)cc1. The second kappa shape index (κ2) is 16.8. The lowest BCUT2D eigenvalue weighted by Gasteiger charge is -2.44. The van der Waals surface area contributed by atoms with E-state index in [2.05, 4.69) is 107 Å².